The van der Waals surface area contributed by atoms with Crippen molar-refractivity contribution in [2.24, 2.45) is 5.92 Å². The zero-order chi connectivity index (χ0) is 15.4. The van der Waals surface area contributed by atoms with Gasteiger partial charge >= 0.3 is 0 Å². The fourth-order valence-electron chi connectivity index (χ4n) is 2.52. The number of halogens is 1. The summed E-state index contributed by atoms with van der Waals surface area (Å²) in [7, 11) is 0. The Balaban J connectivity index is 1.90. The molecule has 0 spiro atoms. The molecule has 1 aromatic rings. The fourth-order valence-corrected chi connectivity index (χ4v) is 2.65. The number of nitrogens with zero attached hydrogens (tertiary/aromatic N) is 1. The first-order chi connectivity index (χ1) is 9.97. The van der Waals surface area contributed by atoms with E-state index in [0.717, 1.165) is 12.8 Å². The predicted molar refractivity (Wildman–Crippen MR) is 83.4 cm³/mol. The van der Waals surface area contributed by atoms with Crippen molar-refractivity contribution in [3.63, 3.8) is 0 Å². The zero-order valence-corrected chi connectivity index (χ0v) is 13.2. The van der Waals surface area contributed by atoms with Crippen LogP contribution in [0.1, 0.15) is 37.0 Å². The molecule has 1 heterocycles. The van der Waals surface area contributed by atoms with Gasteiger partial charge in [0.15, 0.2) is 0 Å². The first-order valence-electron chi connectivity index (χ1n) is 7.32. The molecule has 21 heavy (non-hydrogen) atoms. The van der Waals surface area contributed by atoms with Gasteiger partial charge in [0.05, 0.1) is 0 Å². The smallest absolute Gasteiger partial charge is 0.253 e. The third-order valence-corrected chi connectivity index (χ3v) is 3.93. The lowest BCUT2D eigenvalue weighted by atomic mass is 9.95. The second-order valence-electron chi connectivity index (χ2n) is 5.74. The average Bonchev–Trinajstić information content (AvgIpc) is 2.47. The van der Waals surface area contributed by atoms with E-state index in [1.807, 2.05) is 18.7 Å². The summed E-state index contributed by atoms with van der Waals surface area (Å²) >= 11 is 5.83. The first kappa shape index (κ1) is 15.8. The van der Waals surface area contributed by atoms with Gasteiger partial charge in [-0.25, -0.2) is 0 Å². The van der Waals surface area contributed by atoms with Crippen LogP contribution in [0.5, 0.6) is 0 Å². The van der Waals surface area contributed by atoms with Crippen molar-refractivity contribution in [1.82, 2.24) is 10.2 Å². The number of benzene rings is 1. The number of piperidine rings is 1. The third-order valence-electron chi connectivity index (χ3n) is 3.68. The summed E-state index contributed by atoms with van der Waals surface area (Å²) in [5.41, 5.74) is 0.643. The van der Waals surface area contributed by atoms with E-state index < -0.39 is 0 Å². The zero-order valence-electron chi connectivity index (χ0n) is 12.4. The maximum Gasteiger partial charge on any atom is 0.253 e. The molecule has 1 aliphatic heterocycles. The van der Waals surface area contributed by atoms with Crippen molar-refractivity contribution in [3.8, 4) is 0 Å². The molecule has 1 aromatic carbocycles. The monoisotopic (exact) mass is 308 g/mol. The molecule has 0 atom stereocenters. The van der Waals surface area contributed by atoms with E-state index in [1.165, 1.54) is 0 Å². The van der Waals surface area contributed by atoms with Crippen LogP contribution in [0.15, 0.2) is 24.3 Å². The minimum Gasteiger partial charge on any atom is -0.354 e. The van der Waals surface area contributed by atoms with E-state index in [9.17, 15) is 9.59 Å². The molecule has 0 radical (unpaired) electrons. The number of rotatable bonds is 3. The Morgan fingerprint density at radius 2 is 1.76 bits per heavy atom. The minimum atomic E-state index is 0.00869. The Labute approximate surface area is 130 Å². The average molecular weight is 309 g/mol. The number of hydrogen-bond acceptors (Lipinski definition) is 2. The van der Waals surface area contributed by atoms with Crippen LogP contribution in [-0.2, 0) is 4.79 Å². The van der Waals surface area contributed by atoms with Gasteiger partial charge in [-0.05, 0) is 51.0 Å². The molecule has 0 unspecified atom stereocenters. The molecule has 2 amide bonds. The van der Waals surface area contributed by atoms with E-state index in [4.69, 9.17) is 11.6 Å². The van der Waals surface area contributed by atoms with Gasteiger partial charge in [0.1, 0.15) is 0 Å². The van der Waals surface area contributed by atoms with Crippen molar-refractivity contribution in [3.05, 3.63) is 34.9 Å². The Kier molecular flexibility index (Phi) is 5.23. The number of likely N-dealkylation sites (tertiary alicyclic amines) is 1. The largest absolute Gasteiger partial charge is 0.354 e. The van der Waals surface area contributed by atoms with E-state index >= 15 is 0 Å². The molecule has 0 saturated carbocycles. The summed E-state index contributed by atoms with van der Waals surface area (Å²) in [6.45, 7) is 5.16. The molecule has 1 aliphatic rings. The predicted octanol–water partition coefficient (Wildman–Crippen LogP) is 2.72. The number of carbonyl (C=O) groups is 2. The van der Waals surface area contributed by atoms with Gasteiger partial charge in [-0.15, -0.1) is 0 Å². The van der Waals surface area contributed by atoms with Crippen LogP contribution in [0, 0.1) is 5.92 Å². The fraction of sp³-hybridized carbons (Fsp3) is 0.500. The molecule has 4 nitrogen and oxygen atoms in total. The summed E-state index contributed by atoms with van der Waals surface area (Å²) in [6.07, 6.45) is 1.44. The van der Waals surface area contributed by atoms with Crippen LogP contribution >= 0.6 is 11.6 Å². The van der Waals surface area contributed by atoms with Crippen LogP contribution < -0.4 is 5.32 Å². The summed E-state index contributed by atoms with van der Waals surface area (Å²) in [4.78, 5) is 26.1. The number of carbonyl (C=O) groups excluding carboxylic acids is 2. The van der Waals surface area contributed by atoms with Crippen LogP contribution in [0.2, 0.25) is 5.02 Å². The lowest BCUT2D eigenvalue weighted by Crippen LogP contribution is -2.44. The van der Waals surface area contributed by atoms with Gasteiger partial charge in [-0.2, -0.15) is 0 Å². The number of hydrogen-bond donors (Lipinski definition) is 1. The summed E-state index contributed by atoms with van der Waals surface area (Å²) in [6, 6.07) is 7.07. The Hall–Kier alpha value is -1.55. The van der Waals surface area contributed by atoms with Gasteiger partial charge < -0.3 is 10.2 Å². The molecule has 1 N–H and O–H groups in total. The Morgan fingerprint density at radius 1 is 1.19 bits per heavy atom. The highest BCUT2D eigenvalue weighted by atomic mass is 35.5. The van der Waals surface area contributed by atoms with E-state index in [-0.39, 0.29) is 23.8 Å². The topological polar surface area (TPSA) is 49.4 Å². The van der Waals surface area contributed by atoms with Crippen LogP contribution in [-0.4, -0.2) is 35.8 Å². The maximum atomic E-state index is 12.3. The summed E-state index contributed by atoms with van der Waals surface area (Å²) in [5, 5.41) is 3.56. The lowest BCUT2D eigenvalue weighted by molar-refractivity contribution is -0.126. The van der Waals surface area contributed by atoms with E-state index in [2.05, 4.69) is 5.32 Å². The molecule has 0 bridgehead atoms. The first-order valence-corrected chi connectivity index (χ1v) is 7.70. The highest BCUT2D eigenvalue weighted by molar-refractivity contribution is 6.30. The number of amides is 2. The van der Waals surface area contributed by atoms with Crippen molar-refractivity contribution < 1.29 is 9.59 Å². The lowest BCUT2D eigenvalue weighted by Gasteiger charge is -2.31. The standard InChI is InChI=1S/C16H21ClN2O2/c1-11(2)18-15(20)12-7-9-19(10-8-12)16(21)13-3-5-14(17)6-4-13/h3-6,11-12H,7-10H2,1-2H3,(H,18,20). The molecule has 1 saturated heterocycles. The molecule has 114 valence electrons. The molecule has 5 heteroatoms. The Bertz CT molecular complexity index is 506. The minimum absolute atomic E-state index is 0.00869. The van der Waals surface area contributed by atoms with E-state index in [1.54, 1.807) is 24.3 Å². The maximum absolute atomic E-state index is 12.3. The van der Waals surface area contributed by atoms with Gasteiger partial charge in [-0.1, -0.05) is 11.6 Å². The normalized spacial score (nSPS) is 16.1. The van der Waals surface area contributed by atoms with Gasteiger partial charge in [0, 0.05) is 35.6 Å². The molecule has 1 fully saturated rings. The third kappa shape index (κ3) is 4.21. The number of nitrogens with one attached hydrogen (secondary N) is 1. The van der Waals surface area contributed by atoms with Crippen LogP contribution in [0.4, 0.5) is 0 Å². The highest BCUT2D eigenvalue weighted by Gasteiger charge is 2.27. The molecule has 0 aliphatic carbocycles. The Morgan fingerprint density at radius 3 is 2.29 bits per heavy atom. The van der Waals surface area contributed by atoms with Gasteiger partial charge in [0.25, 0.3) is 5.91 Å². The quantitative estimate of drug-likeness (QED) is 0.933. The van der Waals surface area contributed by atoms with Gasteiger partial charge in [-0.3, -0.25) is 9.59 Å². The van der Waals surface area contributed by atoms with Gasteiger partial charge in [0.2, 0.25) is 5.91 Å². The molecule has 0 aromatic heterocycles. The van der Waals surface area contributed by atoms with Crippen molar-refractivity contribution in [2.75, 3.05) is 13.1 Å². The molecular formula is C16H21ClN2O2. The molecular weight excluding hydrogens is 288 g/mol. The van der Waals surface area contributed by atoms with Crippen molar-refractivity contribution in [2.45, 2.75) is 32.7 Å². The van der Waals surface area contributed by atoms with Crippen molar-refractivity contribution >= 4 is 23.4 Å². The molecule has 2 rings (SSSR count). The SMILES string of the molecule is CC(C)NC(=O)C1CCN(C(=O)c2ccc(Cl)cc2)CC1. The van der Waals surface area contributed by atoms with Crippen molar-refractivity contribution in [1.29, 1.82) is 0 Å². The second-order valence-corrected chi connectivity index (χ2v) is 6.17. The van der Waals surface area contributed by atoms with Crippen LogP contribution in [0.25, 0.3) is 0 Å². The second kappa shape index (κ2) is 6.94. The highest BCUT2D eigenvalue weighted by Crippen LogP contribution is 2.20. The summed E-state index contributed by atoms with van der Waals surface area (Å²) in [5.74, 6) is 0.125. The van der Waals surface area contributed by atoms with Crippen LogP contribution in [0.3, 0.4) is 0 Å². The summed E-state index contributed by atoms with van der Waals surface area (Å²) < 4.78 is 0. The van der Waals surface area contributed by atoms with E-state index in [0.29, 0.717) is 23.7 Å².